The van der Waals surface area contributed by atoms with E-state index < -0.39 is 28.5 Å². The fourth-order valence-electron chi connectivity index (χ4n) is 4.56. The molecule has 0 saturated heterocycles. The summed E-state index contributed by atoms with van der Waals surface area (Å²) in [7, 11) is -1.33. The van der Waals surface area contributed by atoms with Gasteiger partial charge in [0, 0.05) is 18.7 Å². The molecule has 3 rings (SSSR count). The number of ether oxygens (including phenoxy) is 2. The van der Waals surface area contributed by atoms with Crippen LogP contribution in [0.25, 0.3) is 0 Å². The monoisotopic (exact) mass is 595 g/mol. The number of carbonyl (C=O) groups is 2. The van der Waals surface area contributed by atoms with Gasteiger partial charge in [-0.2, -0.15) is 0 Å². The average molecular weight is 596 g/mol. The highest BCUT2D eigenvalue weighted by molar-refractivity contribution is 7.92. The molecule has 2 amide bonds. The minimum Gasteiger partial charge on any atom is -0.497 e. The van der Waals surface area contributed by atoms with Gasteiger partial charge in [-0.05, 0) is 56.0 Å². The van der Waals surface area contributed by atoms with Crippen LogP contribution in [0.3, 0.4) is 0 Å². The number of hydrogen-bond donors (Lipinski definition) is 1. The number of sulfonamides is 1. The molecule has 0 fully saturated rings. The van der Waals surface area contributed by atoms with E-state index in [0.717, 1.165) is 16.3 Å². The second kappa shape index (κ2) is 15.3. The summed E-state index contributed by atoms with van der Waals surface area (Å²) in [6.07, 6.45) is 1.59. The van der Waals surface area contributed by atoms with E-state index in [0.29, 0.717) is 18.6 Å². The summed E-state index contributed by atoms with van der Waals surface area (Å²) in [4.78, 5) is 29.1. The molecule has 3 aromatic carbocycles. The molecule has 0 heterocycles. The molecule has 0 aliphatic carbocycles. The van der Waals surface area contributed by atoms with E-state index in [4.69, 9.17) is 9.47 Å². The second-order valence-electron chi connectivity index (χ2n) is 9.93. The normalized spacial score (nSPS) is 12.6. The Morgan fingerprint density at radius 3 is 2.10 bits per heavy atom. The van der Waals surface area contributed by atoms with Gasteiger partial charge in [-0.25, -0.2) is 8.42 Å². The van der Waals surface area contributed by atoms with Crippen LogP contribution in [0.5, 0.6) is 11.5 Å². The highest BCUT2D eigenvalue weighted by atomic mass is 32.2. The quantitative estimate of drug-likeness (QED) is 0.274. The van der Waals surface area contributed by atoms with Crippen molar-refractivity contribution in [2.75, 3.05) is 31.6 Å². The van der Waals surface area contributed by atoms with E-state index in [2.05, 4.69) is 5.32 Å². The number of hydrogen-bond acceptors (Lipinski definition) is 6. The van der Waals surface area contributed by atoms with Gasteiger partial charge in [-0.3, -0.25) is 13.9 Å². The van der Waals surface area contributed by atoms with Crippen LogP contribution in [0, 0.1) is 0 Å². The lowest BCUT2D eigenvalue weighted by Crippen LogP contribution is -2.54. The van der Waals surface area contributed by atoms with E-state index in [1.54, 1.807) is 30.3 Å². The van der Waals surface area contributed by atoms with Gasteiger partial charge < -0.3 is 19.7 Å². The third-order valence-corrected chi connectivity index (χ3v) is 8.91. The SMILES string of the molecule is CCC(C)NC(=O)C(CC)N(CCc1ccccc1)C(=O)CN(c1cc(OC)ccc1OC)S(=O)(=O)c1ccccc1. The Hall–Kier alpha value is -4.05. The highest BCUT2D eigenvalue weighted by Gasteiger charge is 2.35. The van der Waals surface area contributed by atoms with E-state index in [1.165, 1.54) is 37.3 Å². The van der Waals surface area contributed by atoms with Crippen molar-refractivity contribution in [3.05, 3.63) is 84.4 Å². The molecular formula is C32H41N3O6S. The van der Waals surface area contributed by atoms with Crippen molar-refractivity contribution in [2.45, 2.75) is 57.0 Å². The van der Waals surface area contributed by atoms with Gasteiger partial charge in [0.1, 0.15) is 24.1 Å². The van der Waals surface area contributed by atoms with Gasteiger partial charge in [0.2, 0.25) is 11.8 Å². The Morgan fingerprint density at radius 2 is 1.52 bits per heavy atom. The van der Waals surface area contributed by atoms with Crippen LogP contribution in [0.4, 0.5) is 5.69 Å². The number of methoxy groups -OCH3 is 2. The van der Waals surface area contributed by atoms with E-state index in [9.17, 15) is 18.0 Å². The third-order valence-electron chi connectivity index (χ3n) is 7.14. The number of nitrogens with zero attached hydrogens (tertiary/aromatic N) is 2. The zero-order valence-corrected chi connectivity index (χ0v) is 25.8. The van der Waals surface area contributed by atoms with Crippen LogP contribution < -0.4 is 19.1 Å². The average Bonchev–Trinajstić information content (AvgIpc) is 3.02. The van der Waals surface area contributed by atoms with Crippen molar-refractivity contribution in [3.63, 3.8) is 0 Å². The molecule has 2 atom stereocenters. The van der Waals surface area contributed by atoms with Gasteiger partial charge in [0.15, 0.2) is 0 Å². The molecule has 1 N–H and O–H groups in total. The molecule has 0 bridgehead atoms. The minimum absolute atomic E-state index is 0.0139. The molecule has 42 heavy (non-hydrogen) atoms. The maximum Gasteiger partial charge on any atom is 0.264 e. The van der Waals surface area contributed by atoms with Crippen molar-refractivity contribution in [3.8, 4) is 11.5 Å². The van der Waals surface area contributed by atoms with Gasteiger partial charge >= 0.3 is 0 Å². The van der Waals surface area contributed by atoms with Crippen LogP contribution >= 0.6 is 0 Å². The molecule has 0 aliphatic heterocycles. The predicted octanol–water partition coefficient (Wildman–Crippen LogP) is 4.66. The standard InChI is InChI=1S/C32H41N3O6S/c1-6-24(3)33-32(37)28(7-2)34(21-20-25-14-10-8-11-15-25)31(36)23-35(42(38,39)27-16-12-9-13-17-27)29-22-26(40-4)18-19-30(29)41-5/h8-19,22,24,28H,6-7,20-21,23H2,1-5H3,(H,33,37). The summed E-state index contributed by atoms with van der Waals surface area (Å²) in [5.74, 6) is -0.140. The maximum atomic E-state index is 14.2. The van der Waals surface area contributed by atoms with Crippen molar-refractivity contribution >= 4 is 27.5 Å². The summed E-state index contributed by atoms with van der Waals surface area (Å²) < 4.78 is 40.1. The minimum atomic E-state index is -4.23. The summed E-state index contributed by atoms with van der Waals surface area (Å²) in [6, 6.07) is 21.4. The van der Waals surface area contributed by atoms with E-state index in [-0.39, 0.29) is 34.8 Å². The molecular weight excluding hydrogens is 554 g/mol. The number of amides is 2. The lowest BCUT2D eigenvalue weighted by Gasteiger charge is -2.34. The van der Waals surface area contributed by atoms with Crippen LogP contribution in [0.1, 0.15) is 39.2 Å². The number of benzene rings is 3. The van der Waals surface area contributed by atoms with Crippen LogP contribution in [-0.2, 0) is 26.0 Å². The Balaban J connectivity index is 2.08. The predicted molar refractivity (Wildman–Crippen MR) is 164 cm³/mol. The smallest absolute Gasteiger partial charge is 0.264 e. The molecule has 0 spiro atoms. The number of carbonyl (C=O) groups excluding carboxylic acids is 2. The second-order valence-corrected chi connectivity index (χ2v) is 11.8. The molecule has 0 saturated carbocycles. The van der Waals surface area contributed by atoms with Crippen LogP contribution in [0.2, 0.25) is 0 Å². The van der Waals surface area contributed by atoms with E-state index >= 15 is 0 Å². The molecule has 10 heteroatoms. The molecule has 3 aromatic rings. The Kier molecular flexibility index (Phi) is 11.8. The van der Waals surface area contributed by atoms with Crippen molar-refractivity contribution in [1.29, 1.82) is 0 Å². The first-order valence-corrected chi connectivity index (χ1v) is 15.5. The molecule has 0 radical (unpaired) electrons. The van der Waals surface area contributed by atoms with Gasteiger partial charge in [0.25, 0.3) is 10.0 Å². The van der Waals surface area contributed by atoms with Crippen molar-refractivity contribution in [2.24, 2.45) is 0 Å². The first-order chi connectivity index (χ1) is 20.2. The van der Waals surface area contributed by atoms with Crippen LogP contribution in [0.15, 0.2) is 83.8 Å². The summed E-state index contributed by atoms with van der Waals surface area (Å²) in [6.45, 7) is 5.39. The van der Waals surface area contributed by atoms with E-state index in [1.807, 2.05) is 51.1 Å². The highest BCUT2D eigenvalue weighted by Crippen LogP contribution is 2.36. The largest absolute Gasteiger partial charge is 0.497 e. The summed E-state index contributed by atoms with van der Waals surface area (Å²) >= 11 is 0. The molecule has 2 unspecified atom stereocenters. The summed E-state index contributed by atoms with van der Waals surface area (Å²) in [5, 5.41) is 2.99. The number of nitrogens with one attached hydrogen (secondary N) is 1. The van der Waals surface area contributed by atoms with Gasteiger partial charge in [0.05, 0.1) is 24.8 Å². The number of rotatable bonds is 15. The van der Waals surface area contributed by atoms with Gasteiger partial charge in [-0.1, -0.05) is 62.4 Å². The first-order valence-electron chi connectivity index (χ1n) is 14.1. The fraction of sp³-hybridized carbons (Fsp3) is 0.375. The molecule has 0 aromatic heterocycles. The third kappa shape index (κ3) is 8.03. The van der Waals surface area contributed by atoms with Crippen LogP contribution in [-0.4, -0.2) is 64.5 Å². The fourth-order valence-corrected chi connectivity index (χ4v) is 6.00. The summed E-state index contributed by atoms with van der Waals surface area (Å²) in [5.41, 5.74) is 1.14. The Labute approximate surface area is 249 Å². The molecule has 9 nitrogen and oxygen atoms in total. The lowest BCUT2D eigenvalue weighted by molar-refractivity contribution is -0.139. The maximum absolute atomic E-state index is 14.2. The van der Waals surface area contributed by atoms with Gasteiger partial charge in [-0.15, -0.1) is 0 Å². The zero-order valence-electron chi connectivity index (χ0n) is 24.9. The van der Waals surface area contributed by atoms with Crippen molar-refractivity contribution in [1.82, 2.24) is 10.2 Å². The molecule has 226 valence electrons. The van der Waals surface area contributed by atoms with Crippen molar-refractivity contribution < 1.29 is 27.5 Å². The zero-order chi connectivity index (χ0) is 30.7. The molecule has 0 aliphatic rings. The lowest BCUT2D eigenvalue weighted by atomic mass is 10.1. The Morgan fingerprint density at radius 1 is 0.881 bits per heavy atom. The number of anilines is 1. The topological polar surface area (TPSA) is 105 Å². The Bertz CT molecular complexity index is 1420. The first kappa shape index (κ1) is 32.5.